The van der Waals surface area contributed by atoms with Gasteiger partial charge >= 0.3 is 5.97 Å². The van der Waals surface area contributed by atoms with E-state index >= 15 is 0 Å². The highest BCUT2D eigenvalue weighted by molar-refractivity contribution is 7.89. The number of nitrogens with zero attached hydrogens (tertiary/aromatic N) is 1. The number of benzene rings is 1. The molecule has 1 aromatic carbocycles. The topological polar surface area (TPSA) is 117 Å². The number of hydrogen-bond donors (Lipinski definition) is 3. The SMILES string of the molecule is CCC(CO)NS(=O)(=O)c1ccc(-c2cncc(C(=O)O)c2)cc1. The Morgan fingerprint density at radius 3 is 2.42 bits per heavy atom. The summed E-state index contributed by atoms with van der Waals surface area (Å²) in [5.74, 6) is -1.08. The second-order valence-corrected chi connectivity index (χ2v) is 6.91. The second kappa shape index (κ2) is 7.52. The monoisotopic (exact) mass is 350 g/mol. The molecule has 0 spiro atoms. The first kappa shape index (κ1) is 18.1. The van der Waals surface area contributed by atoms with Crippen LogP contribution in [0.15, 0.2) is 47.6 Å². The normalized spacial score (nSPS) is 12.8. The highest BCUT2D eigenvalue weighted by Crippen LogP contribution is 2.21. The average molecular weight is 350 g/mol. The van der Waals surface area contributed by atoms with Crippen molar-refractivity contribution in [3.05, 3.63) is 48.3 Å². The quantitative estimate of drug-likeness (QED) is 0.697. The van der Waals surface area contributed by atoms with Crippen LogP contribution in [0.4, 0.5) is 0 Å². The Balaban J connectivity index is 2.27. The number of carboxylic acids is 1. The number of hydrogen-bond acceptors (Lipinski definition) is 5. The second-order valence-electron chi connectivity index (χ2n) is 5.20. The molecule has 0 amide bonds. The number of aromatic nitrogens is 1. The number of nitrogens with one attached hydrogen (secondary N) is 1. The Hall–Kier alpha value is -2.29. The number of carboxylic acid groups (broad SMARTS) is 1. The fourth-order valence-corrected chi connectivity index (χ4v) is 3.39. The summed E-state index contributed by atoms with van der Waals surface area (Å²) in [4.78, 5) is 14.9. The van der Waals surface area contributed by atoms with E-state index in [-0.39, 0.29) is 17.1 Å². The van der Waals surface area contributed by atoms with Crippen molar-refractivity contribution in [2.24, 2.45) is 0 Å². The molecule has 0 saturated carbocycles. The van der Waals surface area contributed by atoms with Gasteiger partial charge in [-0.1, -0.05) is 19.1 Å². The van der Waals surface area contributed by atoms with Crippen molar-refractivity contribution in [2.75, 3.05) is 6.61 Å². The van der Waals surface area contributed by atoms with Gasteiger partial charge in [-0.2, -0.15) is 0 Å². The summed E-state index contributed by atoms with van der Waals surface area (Å²) in [5, 5.41) is 18.1. The number of aliphatic hydroxyl groups excluding tert-OH is 1. The van der Waals surface area contributed by atoms with E-state index in [1.807, 2.05) is 0 Å². The van der Waals surface area contributed by atoms with Gasteiger partial charge in [-0.15, -0.1) is 0 Å². The van der Waals surface area contributed by atoms with Crippen molar-refractivity contribution in [1.82, 2.24) is 9.71 Å². The van der Waals surface area contributed by atoms with Crippen LogP contribution in [0.1, 0.15) is 23.7 Å². The Morgan fingerprint density at radius 1 is 1.21 bits per heavy atom. The summed E-state index contributed by atoms with van der Waals surface area (Å²) in [6.07, 6.45) is 3.23. The van der Waals surface area contributed by atoms with E-state index < -0.39 is 22.0 Å². The van der Waals surface area contributed by atoms with Gasteiger partial charge in [0.05, 0.1) is 17.1 Å². The number of aromatic carboxylic acids is 1. The largest absolute Gasteiger partial charge is 0.478 e. The van der Waals surface area contributed by atoms with E-state index in [1.165, 1.54) is 30.6 Å². The van der Waals surface area contributed by atoms with Crippen molar-refractivity contribution in [3.63, 3.8) is 0 Å². The third-order valence-electron chi connectivity index (χ3n) is 3.52. The first-order chi connectivity index (χ1) is 11.4. The molecule has 0 radical (unpaired) electrons. The molecule has 7 nitrogen and oxygen atoms in total. The summed E-state index contributed by atoms with van der Waals surface area (Å²) in [5.41, 5.74) is 1.28. The minimum Gasteiger partial charge on any atom is -0.478 e. The van der Waals surface area contributed by atoms with Crippen LogP contribution < -0.4 is 4.72 Å². The maximum Gasteiger partial charge on any atom is 0.337 e. The molecule has 8 heteroatoms. The molecule has 0 saturated heterocycles. The molecule has 0 aliphatic rings. The summed E-state index contributed by atoms with van der Waals surface area (Å²) in [6, 6.07) is 6.94. The highest BCUT2D eigenvalue weighted by Gasteiger charge is 2.18. The van der Waals surface area contributed by atoms with Gasteiger partial charge in [0.2, 0.25) is 10.0 Å². The molecule has 128 valence electrons. The number of sulfonamides is 1. The average Bonchev–Trinajstić information content (AvgIpc) is 2.60. The summed E-state index contributed by atoms with van der Waals surface area (Å²) >= 11 is 0. The van der Waals surface area contributed by atoms with E-state index in [4.69, 9.17) is 10.2 Å². The number of pyridine rings is 1. The molecule has 0 fully saturated rings. The Bertz CT molecular complexity index is 815. The van der Waals surface area contributed by atoms with Gasteiger partial charge in [0.15, 0.2) is 0 Å². The number of aliphatic hydroxyl groups is 1. The minimum atomic E-state index is -3.72. The van der Waals surface area contributed by atoms with E-state index in [1.54, 1.807) is 19.1 Å². The minimum absolute atomic E-state index is 0.0552. The molecule has 0 aliphatic carbocycles. The van der Waals surface area contributed by atoms with Gasteiger partial charge in [0.25, 0.3) is 0 Å². The molecule has 1 unspecified atom stereocenters. The van der Waals surface area contributed by atoms with E-state index in [2.05, 4.69) is 9.71 Å². The predicted octanol–water partition coefficient (Wildman–Crippen LogP) is 1.50. The lowest BCUT2D eigenvalue weighted by Gasteiger charge is -2.14. The third kappa shape index (κ3) is 4.16. The first-order valence-corrected chi connectivity index (χ1v) is 8.77. The van der Waals surface area contributed by atoms with Gasteiger partial charge in [0.1, 0.15) is 0 Å². The van der Waals surface area contributed by atoms with Crippen molar-refractivity contribution in [1.29, 1.82) is 0 Å². The lowest BCUT2D eigenvalue weighted by Crippen LogP contribution is -2.36. The third-order valence-corrected chi connectivity index (χ3v) is 5.05. The fraction of sp³-hybridized carbons (Fsp3) is 0.250. The maximum absolute atomic E-state index is 12.2. The van der Waals surface area contributed by atoms with Crippen LogP contribution in [0.3, 0.4) is 0 Å². The van der Waals surface area contributed by atoms with Gasteiger partial charge in [-0.05, 0) is 30.2 Å². The van der Waals surface area contributed by atoms with Crippen LogP contribution in [-0.4, -0.2) is 42.2 Å². The van der Waals surface area contributed by atoms with Crippen LogP contribution in [0.5, 0.6) is 0 Å². The smallest absolute Gasteiger partial charge is 0.337 e. The van der Waals surface area contributed by atoms with Gasteiger partial charge in [0, 0.05) is 24.0 Å². The molecule has 1 aromatic heterocycles. The van der Waals surface area contributed by atoms with Crippen molar-refractivity contribution < 1.29 is 23.4 Å². The van der Waals surface area contributed by atoms with Gasteiger partial charge in [-0.25, -0.2) is 17.9 Å². The van der Waals surface area contributed by atoms with Gasteiger partial charge in [-0.3, -0.25) is 4.98 Å². The molecule has 1 atom stereocenters. The van der Waals surface area contributed by atoms with Crippen molar-refractivity contribution >= 4 is 16.0 Å². The molecular formula is C16H18N2O5S. The van der Waals surface area contributed by atoms with Gasteiger partial charge < -0.3 is 10.2 Å². The molecule has 24 heavy (non-hydrogen) atoms. The molecular weight excluding hydrogens is 332 g/mol. The molecule has 2 rings (SSSR count). The first-order valence-electron chi connectivity index (χ1n) is 7.29. The zero-order valence-corrected chi connectivity index (χ0v) is 13.8. The van der Waals surface area contributed by atoms with Crippen LogP contribution >= 0.6 is 0 Å². The Kier molecular flexibility index (Phi) is 5.66. The molecule has 0 aliphatic heterocycles. The van der Waals surface area contributed by atoms with Crippen LogP contribution in [-0.2, 0) is 10.0 Å². The molecule has 1 heterocycles. The van der Waals surface area contributed by atoms with E-state index in [9.17, 15) is 13.2 Å². The fourth-order valence-electron chi connectivity index (χ4n) is 2.08. The summed E-state index contributed by atoms with van der Waals surface area (Å²) < 4.78 is 26.9. The summed E-state index contributed by atoms with van der Waals surface area (Å²) in [6.45, 7) is 1.50. The standard InChI is InChI=1S/C16H18N2O5S/c1-2-14(10-19)18-24(22,23)15-5-3-11(4-6-15)12-7-13(16(20)21)9-17-8-12/h3-9,14,18-19H,2,10H2,1H3,(H,20,21). The zero-order chi connectivity index (χ0) is 17.7. The van der Waals surface area contributed by atoms with Crippen LogP contribution in [0.25, 0.3) is 11.1 Å². The zero-order valence-electron chi connectivity index (χ0n) is 13.0. The lowest BCUT2D eigenvalue weighted by molar-refractivity contribution is 0.0696. The van der Waals surface area contributed by atoms with E-state index in [0.717, 1.165) is 0 Å². The van der Waals surface area contributed by atoms with Crippen molar-refractivity contribution in [2.45, 2.75) is 24.3 Å². The highest BCUT2D eigenvalue weighted by atomic mass is 32.2. The lowest BCUT2D eigenvalue weighted by atomic mass is 10.1. The van der Waals surface area contributed by atoms with E-state index in [0.29, 0.717) is 17.5 Å². The molecule has 0 bridgehead atoms. The Morgan fingerprint density at radius 2 is 1.88 bits per heavy atom. The number of rotatable bonds is 7. The maximum atomic E-state index is 12.2. The Labute approximate surface area is 140 Å². The summed E-state index contributed by atoms with van der Waals surface area (Å²) in [7, 11) is -3.72. The molecule has 2 aromatic rings. The predicted molar refractivity (Wildman–Crippen MR) is 88.1 cm³/mol. The van der Waals surface area contributed by atoms with Crippen LogP contribution in [0, 0.1) is 0 Å². The number of carbonyl (C=O) groups is 1. The van der Waals surface area contributed by atoms with Crippen LogP contribution in [0.2, 0.25) is 0 Å². The molecule has 3 N–H and O–H groups in total. The van der Waals surface area contributed by atoms with Crippen molar-refractivity contribution in [3.8, 4) is 11.1 Å².